The van der Waals surface area contributed by atoms with Crippen LogP contribution >= 0.6 is 0 Å². The number of hydrogen-bond acceptors (Lipinski definition) is 3. The highest BCUT2D eigenvalue weighted by atomic mass is 19.4. The minimum absolute atomic E-state index is 0.209. The fourth-order valence-corrected chi connectivity index (χ4v) is 1.96. The number of alkyl halides is 3. The van der Waals surface area contributed by atoms with E-state index in [1.165, 1.54) is 0 Å². The summed E-state index contributed by atoms with van der Waals surface area (Å²) < 4.78 is 39.2. The number of aliphatic carboxylic acids is 1. The van der Waals surface area contributed by atoms with Gasteiger partial charge in [-0.15, -0.1) is 0 Å². The van der Waals surface area contributed by atoms with E-state index in [2.05, 4.69) is 10.1 Å². The van der Waals surface area contributed by atoms with E-state index < -0.39 is 30.3 Å². The predicted molar refractivity (Wildman–Crippen MR) is 53.9 cm³/mol. The number of rotatable bonds is 4. The molecular formula is C10H14F3NO4. The Bertz CT molecular complexity index is 324. The molecule has 0 spiro atoms. The van der Waals surface area contributed by atoms with E-state index >= 15 is 0 Å². The summed E-state index contributed by atoms with van der Waals surface area (Å²) in [5, 5.41) is 11.1. The van der Waals surface area contributed by atoms with Gasteiger partial charge in [-0.1, -0.05) is 12.8 Å². The molecule has 2 N–H and O–H groups in total. The third kappa shape index (κ3) is 4.08. The van der Waals surface area contributed by atoms with Crippen LogP contribution in [0.2, 0.25) is 0 Å². The van der Waals surface area contributed by atoms with E-state index in [4.69, 9.17) is 5.11 Å². The fourth-order valence-electron chi connectivity index (χ4n) is 1.96. The van der Waals surface area contributed by atoms with Gasteiger partial charge in [0.1, 0.15) is 0 Å². The number of ether oxygens (including phenoxy) is 1. The zero-order valence-electron chi connectivity index (χ0n) is 9.55. The van der Waals surface area contributed by atoms with Gasteiger partial charge in [0, 0.05) is 6.54 Å². The maximum atomic E-state index is 11.8. The van der Waals surface area contributed by atoms with Crippen molar-refractivity contribution in [3.63, 3.8) is 0 Å². The number of carbonyl (C=O) groups excluding carboxylic acids is 1. The molecule has 0 heterocycles. The van der Waals surface area contributed by atoms with E-state index in [0.717, 1.165) is 12.8 Å². The quantitative estimate of drug-likeness (QED) is 0.817. The topological polar surface area (TPSA) is 75.6 Å². The molecule has 104 valence electrons. The SMILES string of the molecule is O=C(NCC1(C(=O)O)CCCC1)OCC(F)(F)F. The second-order valence-corrected chi connectivity index (χ2v) is 4.34. The van der Waals surface area contributed by atoms with Gasteiger partial charge in [0.25, 0.3) is 0 Å². The van der Waals surface area contributed by atoms with Crippen LogP contribution in [0.5, 0.6) is 0 Å². The molecule has 0 bridgehead atoms. The number of amides is 1. The van der Waals surface area contributed by atoms with Crippen molar-refractivity contribution in [1.82, 2.24) is 5.32 Å². The summed E-state index contributed by atoms with van der Waals surface area (Å²) >= 11 is 0. The Labute approximate surface area is 101 Å². The first-order valence-electron chi connectivity index (χ1n) is 5.46. The number of halogens is 3. The average Bonchev–Trinajstić information content (AvgIpc) is 2.72. The highest BCUT2D eigenvalue weighted by molar-refractivity contribution is 5.76. The molecule has 0 saturated heterocycles. The van der Waals surface area contributed by atoms with Crippen molar-refractivity contribution in [2.24, 2.45) is 5.41 Å². The van der Waals surface area contributed by atoms with Crippen LogP contribution in [0.25, 0.3) is 0 Å². The van der Waals surface area contributed by atoms with Crippen molar-refractivity contribution in [1.29, 1.82) is 0 Å². The normalized spacial score (nSPS) is 18.4. The first-order chi connectivity index (χ1) is 8.25. The summed E-state index contributed by atoms with van der Waals surface area (Å²) in [5.41, 5.74) is -1.07. The lowest BCUT2D eigenvalue weighted by Gasteiger charge is -2.23. The van der Waals surface area contributed by atoms with Crippen LogP contribution in [0.1, 0.15) is 25.7 Å². The number of hydrogen-bond donors (Lipinski definition) is 2. The summed E-state index contributed by atoms with van der Waals surface area (Å²) in [6, 6.07) is 0. The summed E-state index contributed by atoms with van der Waals surface area (Å²) in [7, 11) is 0. The van der Waals surface area contributed by atoms with E-state index in [1.807, 2.05) is 0 Å². The first-order valence-corrected chi connectivity index (χ1v) is 5.46. The highest BCUT2D eigenvalue weighted by Gasteiger charge is 2.41. The van der Waals surface area contributed by atoms with Gasteiger partial charge in [0.2, 0.25) is 0 Å². The number of carboxylic acid groups (broad SMARTS) is 1. The summed E-state index contributed by atoms with van der Waals surface area (Å²) in [6.45, 7) is -1.89. The van der Waals surface area contributed by atoms with Gasteiger partial charge in [-0.05, 0) is 12.8 Å². The van der Waals surface area contributed by atoms with Crippen molar-refractivity contribution in [2.75, 3.05) is 13.2 Å². The first kappa shape index (κ1) is 14.6. The molecule has 1 aliphatic rings. The molecule has 0 aliphatic heterocycles. The summed E-state index contributed by atoms with van der Waals surface area (Å²) in [5.74, 6) is -1.05. The molecule has 1 amide bonds. The number of carboxylic acids is 1. The zero-order chi connectivity index (χ0) is 13.8. The summed E-state index contributed by atoms with van der Waals surface area (Å²) in [4.78, 5) is 22.1. The minimum Gasteiger partial charge on any atom is -0.481 e. The minimum atomic E-state index is -4.59. The van der Waals surface area contributed by atoms with Crippen molar-refractivity contribution in [3.8, 4) is 0 Å². The lowest BCUT2D eigenvalue weighted by Crippen LogP contribution is -2.42. The molecule has 0 aromatic rings. The zero-order valence-corrected chi connectivity index (χ0v) is 9.55. The van der Waals surface area contributed by atoms with Gasteiger partial charge >= 0.3 is 18.2 Å². The molecule has 0 radical (unpaired) electrons. The van der Waals surface area contributed by atoms with E-state index in [-0.39, 0.29) is 6.54 Å². The maximum absolute atomic E-state index is 11.8. The maximum Gasteiger partial charge on any atom is 0.422 e. The van der Waals surface area contributed by atoms with Crippen LogP contribution in [0, 0.1) is 5.41 Å². The van der Waals surface area contributed by atoms with Gasteiger partial charge in [0.15, 0.2) is 6.61 Å². The smallest absolute Gasteiger partial charge is 0.422 e. The molecule has 8 heteroatoms. The van der Waals surface area contributed by atoms with Gasteiger partial charge in [0.05, 0.1) is 5.41 Å². The summed E-state index contributed by atoms with van der Waals surface area (Å²) in [6.07, 6.45) is -3.57. The van der Waals surface area contributed by atoms with Crippen LogP contribution in [0.3, 0.4) is 0 Å². The van der Waals surface area contributed by atoms with Crippen LogP contribution in [0.15, 0.2) is 0 Å². The van der Waals surface area contributed by atoms with Crippen molar-refractivity contribution in [2.45, 2.75) is 31.9 Å². The van der Waals surface area contributed by atoms with E-state index in [1.54, 1.807) is 0 Å². The molecule has 1 fully saturated rings. The Morgan fingerprint density at radius 3 is 2.28 bits per heavy atom. The molecular weight excluding hydrogens is 255 g/mol. The van der Waals surface area contributed by atoms with Gasteiger partial charge in [-0.3, -0.25) is 4.79 Å². The lowest BCUT2D eigenvalue weighted by atomic mass is 9.86. The molecule has 0 atom stereocenters. The molecule has 0 unspecified atom stereocenters. The second kappa shape index (κ2) is 5.45. The average molecular weight is 269 g/mol. The Morgan fingerprint density at radius 2 is 1.83 bits per heavy atom. The Kier molecular flexibility index (Phi) is 4.42. The monoisotopic (exact) mass is 269 g/mol. The van der Waals surface area contributed by atoms with Crippen LogP contribution < -0.4 is 5.32 Å². The second-order valence-electron chi connectivity index (χ2n) is 4.34. The molecule has 18 heavy (non-hydrogen) atoms. The van der Waals surface area contributed by atoms with E-state index in [9.17, 15) is 22.8 Å². The Hall–Kier alpha value is -1.47. The van der Waals surface area contributed by atoms with Crippen LogP contribution in [0.4, 0.5) is 18.0 Å². The van der Waals surface area contributed by atoms with Crippen molar-refractivity contribution < 1.29 is 32.6 Å². The van der Waals surface area contributed by atoms with Crippen LogP contribution in [-0.2, 0) is 9.53 Å². The molecule has 1 saturated carbocycles. The van der Waals surface area contributed by atoms with E-state index in [0.29, 0.717) is 12.8 Å². The van der Waals surface area contributed by atoms with Crippen LogP contribution in [-0.4, -0.2) is 36.5 Å². The molecule has 1 rings (SSSR count). The molecule has 0 aromatic heterocycles. The number of nitrogens with one attached hydrogen (secondary N) is 1. The number of alkyl carbamates (subject to hydrolysis) is 1. The largest absolute Gasteiger partial charge is 0.481 e. The van der Waals surface area contributed by atoms with Gasteiger partial charge in [-0.2, -0.15) is 13.2 Å². The van der Waals surface area contributed by atoms with Gasteiger partial charge < -0.3 is 15.2 Å². The van der Waals surface area contributed by atoms with Crippen molar-refractivity contribution in [3.05, 3.63) is 0 Å². The number of carbonyl (C=O) groups is 2. The molecule has 5 nitrogen and oxygen atoms in total. The standard InChI is InChI=1S/C10H14F3NO4/c11-10(12,13)6-18-8(17)14-5-9(7(15)16)3-1-2-4-9/h1-6H2,(H,14,17)(H,15,16). The Balaban J connectivity index is 2.39. The third-order valence-electron chi connectivity index (χ3n) is 2.95. The lowest BCUT2D eigenvalue weighted by molar-refractivity contribution is -0.160. The van der Waals surface area contributed by atoms with Crippen molar-refractivity contribution >= 4 is 12.1 Å². The highest BCUT2D eigenvalue weighted by Crippen LogP contribution is 2.37. The third-order valence-corrected chi connectivity index (χ3v) is 2.95. The Morgan fingerprint density at radius 1 is 1.28 bits per heavy atom. The molecule has 1 aliphatic carbocycles. The van der Waals surface area contributed by atoms with Gasteiger partial charge in [-0.25, -0.2) is 4.79 Å². The fraction of sp³-hybridized carbons (Fsp3) is 0.800. The molecule has 0 aromatic carbocycles. The predicted octanol–water partition coefficient (Wildman–Crippen LogP) is 1.92.